The van der Waals surface area contributed by atoms with E-state index in [1.807, 2.05) is 14.1 Å². The molecule has 1 amide bonds. The fourth-order valence-corrected chi connectivity index (χ4v) is 1.79. The number of hydrogen-bond acceptors (Lipinski definition) is 4. The summed E-state index contributed by atoms with van der Waals surface area (Å²) in [7, 11) is 5.78. The third kappa shape index (κ3) is 5.36. The maximum Gasteiger partial charge on any atom is 0.269 e. The van der Waals surface area contributed by atoms with Gasteiger partial charge in [0.05, 0.1) is 11.3 Å². The Bertz CT molecular complexity index is 457. The number of carbonyl (C=O) groups excluding carboxylic acids is 1. The lowest BCUT2D eigenvalue weighted by molar-refractivity contribution is -0.384. The summed E-state index contributed by atoms with van der Waals surface area (Å²) in [6, 6.07) is 6.11. The second-order valence-electron chi connectivity index (χ2n) is 5.07. The molecule has 1 aromatic rings. The molecule has 0 fully saturated rings. The molecule has 0 saturated heterocycles. The quantitative estimate of drug-likeness (QED) is 0.561. The maximum atomic E-state index is 12.0. The molecule has 0 aliphatic carbocycles. The number of amides is 1. The van der Waals surface area contributed by atoms with Crippen molar-refractivity contribution < 1.29 is 9.72 Å². The minimum absolute atomic E-state index is 0.0256. The molecule has 1 rings (SSSR count). The van der Waals surface area contributed by atoms with Gasteiger partial charge in [0.25, 0.3) is 5.69 Å². The summed E-state index contributed by atoms with van der Waals surface area (Å²) in [6.07, 6.45) is 1.20. The van der Waals surface area contributed by atoms with Crippen LogP contribution in [0, 0.1) is 10.1 Å². The number of carbonyl (C=O) groups is 1. The van der Waals surface area contributed by atoms with Crippen LogP contribution in [0.5, 0.6) is 0 Å². The number of rotatable bonds is 7. The van der Waals surface area contributed by atoms with Gasteiger partial charge in [-0.3, -0.25) is 14.9 Å². The molecule has 0 saturated carbocycles. The van der Waals surface area contributed by atoms with Crippen LogP contribution in [0.1, 0.15) is 12.0 Å². The zero-order valence-corrected chi connectivity index (χ0v) is 12.2. The number of likely N-dealkylation sites (N-methyl/N-ethyl adjacent to an activating group) is 1. The van der Waals surface area contributed by atoms with Crippen LogP contribution in [-0.2, 0) is 11.2 Å². The van der Waals surface area contributed by atoms with Gasteiger partial charge in [-0.1, -0.05) is 12.1 Å². The van der Waals surface area contributed by atoms with Crippen molar-refractivity contribution in [2.75, 3.05) is 34.2 Å². The van der Waals surface area contributed by atoms with Gasteiger partial charge >= 0.3 is 0 Å². The minimum Gasteiger partial charge on any atom is -0.345 e. The predicted octanol–water partition coefficient (Wildman–Crippen LogP) is 1.55. The van der Waals surface area contributed by atoms with E-state index < -0.39 is 4.92 Å². The van der Waals surface area contributed by atoms with Gasteiger partial charge in [-0.2, -0.15) is 0 Å². The van der Waals surface area contributed by atoms with Crippen LogP contribution in [0.25, 0.3) is 0 Å². The van der Waals surface area contributed by atoms with Crippen LogP contribution in [0.15, 0.2) is 24.3 Å². The number of nitro benzene ring substituents is 1. The highest BCUT2D eigenvalue weighted by Crippen LogP contribution is 2.12. The van der Waals surface area contributed by atoms with Crippen LogP contribution in [0.3, 0.4) is 0 Å². The van der Waals surface area contributed by atoms with Crippen molar-refractivity contribution in [3.8, 4) is 0 Å². The molecule has 0 aromatic heterocycles. The molecular weight excluding hydrogens is 258 g/mol. The van der Waals surface area contributed by atoms with E-state index in [0.717, 1.165) is 18.5 Å². The molecule has 0 heterocycles. The van der Waals surface area contributed by atoms with Gasteiger partial charge in [-0.05, 0) is 32.6 Å². The summed E-state index contributed by atoms with van der Waals surface area (Å²) >= 11 is 0. The molecule has 0 N–H and O–H groups in total. The van der Waals surface area contributed by atoms with E-state index in [2.05, 4.69) is 4.90 Å². The van der Waals surface area contributed by atoms with E-state index >= 15 is 0 Å². The van der Waals surface area contributed by atoms with E-state index in [-0.39, 0.29) is 18.0 Å². The van der Waals surface area contributed by atoms with Crippen molar-refractivity contribution in [3.05, 3.63) is 39.9 Å². The van der Waals surface area contributed by atoms with Crippen LogP contribution in [0.4, 0.5) is 5.69 Å². The lowest BCUT2D eigenvalue weighted by Gasteiger charge is -2.18. The van der Waals surface area contributed by atoms with Crippen molar-refractivity contribution in [3.63, 3.8) is 0 Å². The van der Waals surface area contributed by atoms with Crippen LogP contribution in [-0.4, -0.2) is 54.9 Å². The minimum atomic E-state index is -0.445. The molecule has 20 heavy (non-hydrogen) atoms. The molecular formula is C14H21N3O3. The summed E-state index contributed by atoms with van der Waals surface area (Å²) < 4.78 is 0. The molecule has 0 aliphatic heterocycles. The molecule has 0 unspecified atom stereocenters. The first kappa shape index (κ1) is 16.1. The van der Waals surface area contributed by atoms with Gasteiger partial charge in [-0.25, -0.2) is 0 Å². The first-order chi connectivity index (χ1) is 9.40. The van der Waals surface area contributed by atoms with Crippen molar-refractivity contribution in [2.24, 2.45) is 0 Å². The van der Waals surface area contributed by atoms with E-state index in [9.17, 15) is 14.9 Å². The van der Waals surface area contributed by atoms with Crippen LogP contribution in [0.2, 0.25) is 0 Å². The lowest BCUT2D eigenvalue weighted by Crippen LogP contribution is -2.30. The van der Waals surface area contributed by atoms with Crippen molar-refractivity contribution >= 4 is 11.6 Å². The van der Waals surface area contributed by atoms with E-state index in [0.29, 0.717) is 6.54 Å². The van der Waals surface area contributed by atoms with Gasteiger partial charge < -0.3 is 9.80 Å². The third-order valence-corrected chi connectivity index (χ3v) is 3.03. The molecule has 0 spiro atoms. The summed E-state index contributed by atoms with van der Waals surface area (Å²) in [5.74, 6) is 0.0256. The maximum absolute atomic E-state index is 12.0. The van der Waals surface area contributed by atoms with E-state index in [4.69, 9.17) is 0 Å². The predicted molar refractivity (Wildman–Crippen MR) is 77.6 cm³/mol. The molecule has 0 aliphatic rings. The van der Waals surface area contributed by atoms with Gasteiger partial charge in [-0.15, -0.1) is 0 Å². The van der Waals surface area contributed by atoms with Crippen LogP contribution < -0.4 is 0 Å². The number of nitro groups is 1. The fraction of sp³-hybridized carbons (Fsp3) is 0.500. The number of hydrogen-bond donors (Lipinski definition) is 0. The fourth-order valence-electron chi connectivity index (χ4n) is 1.79. The largest absolute Gasteiger partial charge is 0.345 e. The van der Waals surface area contributed by atoms with Crippen LogP contribution >= 0.6 is 0 Å². The number of non-ortho nitro benzene ring substituents is 1. The van der Waals surface area contributed by atoms with Crippen molar-refractivity contribution in [1.29, 1.82) is 0 Å². The summed E-state index contributed by atoms with van der Waals surface area (Å²) in [4.78, 5) is 25.9. The molecule has 110 valence electrons. The molecule has 0 bridgehead atoms. The number of benzene rings is 1. The topological polar surface area (TPSA) is 66.7 Å². The van der Waals surface area contributed by atoms with E-state index in [1.165, 1.54) is 12.1 Å². The Morgan fingerprint density at radius 3 is 2.25 bits per heavy atom. The Balaban J connectivity index is 2.46. The zero-order chi connectivity index (χ0) is 15.1. The standard InChI is InChI=1S/C14H21N3O3/c1-15(2)9-4-10-16(3)14(18)11-12-5-7-13(8-6-12)17(19)20/h5-8H,4,9-11H2,1-3H3. The third-order valence-electron chi connectivity index (χ3n) is 3.03. The summed E-state index contributed by atoms with van der Waals surface area (Å²) in [6.45, 7) is 1.65. The Labute approximate surface area is 119 Å². The van der Waals surface area contributed by atoms with E-state index in [1.54, 1.807) is 24.1 Å². The summed E-state index contributed by atoms with van der Waals surface area (Å²) in [5, 5.41) is 10.5. The first-order valence-corrected chi connectivity index (χ1v) is 6.52. The Kier molecular flexibility index (Phi) is 6.11. The smallest absolute Gasteiger partial charge is 0.269 e. The zero-order valence-electron chi connectivity index (χ0n) is 12.2. The van der Waals surface area contributed by atoms with Gasteiger partial charge in [0, 0.05) is 25.7 Å². The SMILES string of the molecule is CN(C)CCCN(C)C(=O)Cc1ccc([N+](=O)[O-])cc1. The van der Waals surface area contributed by atoms with Crippen molar-refractivity contribution in [1.82, 2.24) is 9.80 Å². The lowest BCUT2D eigenvalue weighted by atomic mass is 10.1. The molecule has 1 aromatic carbocycles. The molecule has 6 heteroatoms. The average Bonchev–Trinajstić information content (AvgIpc) is 2.38. The molecule has 0 radical (unpaired) electrons. The Morgan fingerprint density at radius 2 is 1.75 bits per heavy atom. The van der Waals surface area contributed by atoms with Gasteiger partial charge in [0.15, 0.2) is 0 Å². The Morgan fingerprint density at radius 1 is 1.15 bits per heavy atom. The summed E-state index contributed by atoms with van der Waals surface area (Å²) in [5.41, 5.74) is 0.834. The first-order valence-electron chi connectivity index (χ1n) is 6.52. The van der Waals surface area contributed by atoms with Crippen molar-refractivity contribution in [2.45, 2.75) is 12.8 Å². The van der Waals surface area contributed by atoms with Gasteiger partial charge in [0.1, 0.15) is 0 Å². The van der Waals surface area contributed by atoms with Gasteiger partial charge in [0.2, 0.25) is 5.91 Å². The molecule has 0 atom stereocenters. The Hall–Kier alpha value is -1.95. The monoisotopic (exact) mass is 279 g/mol. The highest BCUT2D eigenvalue weighted by molar-refractivity contribution is 5.78. The highest BCUT2D eigenvalue weighted by Gasteiger charge is 2.11. The average molecular weight is 279 g/mol. The molecule has 6 nitrogen and oxygen atoms in total. The number of nitrogens with zero attached hydrogens (tertiary/aromatic N) is 3. The highest BCUT2D eigenvalue weighted by atomic mass is 16.6. The second kappa shape index (κ2) is 7.59. The second-order valence-corrected chi connectivity index (χ2v) is 5.07. The normalized spacial score (nSPS) is 10.6.